The number of hydrogen-bond donors (Lipinski definition) is 3. The van der Waals surface area contributed by atoms with Crippen LogP contribution >= 0.6 is 0 Å². The third-order valence-electron chi connectivity index (χ3n) is 4.68. The molecule has 0 spiro atoms. The normalized spacial score (nSPS) is 10.9. The molecule has 0 radical (unpaired) electrons. The maximum atomic E-state index is 12.4. The fourth-order valence-corrected chi connectivity index (χ4v) is 2.98. The molecule has 9 heteroatoms. The van der Waals surface area contributed by atoms with Crippen molar-refractivity contribution < 1.29 is 23.5 Å². The van der Waals surface area contributed by atoms with Crippen molar-refractivity contribution in [3.63, 3.8) is 0 Å². The van der Waals surface area contributed by atoms with Crippen molar-refractivity contribution in [2.75, 3.05) is 17.7 Å². The smallest absolute Gasteiger partial charge is 0.314 e. The SMILES string of the molecule is CC=C(C)NC(=O)Cc1cccc(NC(=O)C(=O)Nc2ccc(-c3cnco3)c(OC)c2)c1. The first-order valence-corrected chi connectivity index (χ1v) is 10.1. The zero-order valence-corrected chi connectivity index (χ0v) is 18.5. The molecular formula is C24H24N4O5. The van der Waals surface area contributed by atoms with Crippen molar-refractivity contribution in [1.29, 1.82) is 0 Å². The minimum absolute atomic E-state index is 0.137. The lowest BCUT2D eigenvalue weighted by Crippen LogP contribution is -2.29. The molecule has 0 aliphatic carbocycles. The van der Waals surface area contributed by atoms with E-state index in [0.717, 1.165) is 5.70 Å². The fourth-order valence-electron chi connectivity index (χ4n) is 2.98. The number of carbonyl (C=O) groups is 3. The lowest BCUT2D eigenvalue weighted by Gasteiger charge is -2.11. The number of carbonyl (C=O) groups excluding carboxylic acids is 3. The molecule has 0 atom stereocenters. The topological polar surface area (TPSA) is 123 Å². The van der Waals surface area contributed by atoms with Crippen LogP contribution in [0, 0.1) is 0 Å². The molecule has 0 bridgehead atoms. The van der Waals surface area contributed by atoms with Crippen molar-refractivity contribution in [3.8, 4) is 17.1 Å². The van der Waals surface area contributed by atoms with Crippen molar-refractivity contribution in [1.82, 2.24) is 10.3 Å². The van der Waals surface area contributed by atoms with E-state index in [2.05, 4.69) is 20.9 Å². The summed E-state index contributed by atoms with van der Waals surface area (Å²) in [6.45, 7) is 3.63. The number of allylic oxidation sites excluding steroid dienone is 2. The molecule has 0 saturated heterocycles. The molecule has 0 aliphatic rings. The fraction of sp³-hybridized carbons (Fsp3) is 0.167. The van der Waals surface area contributed by atoms with E-state index in [1.807, 2.05) is 6.92 Å². The van der Waals surface area contributed by atoms with Gasteiger partial charge in [-0.2, -0.15) is 0 Å². The molecule has 0 unspecified atom stereocenters. The summed E-state index contributed by atoms with van der Waals surface area (Å²) in [4.78, 5) is 40.7. The van der Waals surface area contributed by atoms with Gasteiger partial charge in [-0.05, 0) is 43.7 Å². The number of nitrogens with zero attached hydrogens (tertiary/aromatic N) is 1. The number of amides is 3. The number of aromatic nitrogens is 1. The minimum Gasteiger partial charge on any atom is -0.496 e. The van der Waals surface area contributed by atoms with E-state index in [-0.39, 0.29) is 12.3 Å². The minimum atomic E-state index is -0.851. The van der Waals surface area contributed by atoms with Gasteiger partial charge < -0.3 is 25.1 Å². The van der Waals surface area contributed by atoms with Crippen molar-refractivity contribution in [3.05, 3.63) is 72.4 Å². The van der Waals surface area contributed by atoms with E-state index in [1.54, 1.807) is 61.7 Å². The highest BCUT2D eigenvalue weighted by Crippen LogP contribution is 2.32. The van der Waals surface area contributed by atoms with E-state index in [1.165, 1.54) is 13.5 Å². The summed E-state index contributed by atoms with van der Waals surface area (Å²) < 4.78 is 10.6. The molecule has 3 aromatic rings. The maximum absolute atomic E-state index is 12.4. The predicted octanol–water partition coefficient (Wildman–Crippen LogP) is 3.51. The standard InChI is InChI=1S/C24H24N4O5/c1-4-15(2)26-22(29)11-16-6-5-7-17(10-16)27-23(30)24(31)28-18-8-9-19(20(12-18)32-3)21-13-25-14-33-21/h4-10,12-14H,11H2,1-3H3,(H,26,29)(H,27,30)(H,28,31). The van der Waals surface area contributed by atoms with Crippen LogP contribution in [0.4, 0.5) is 11.4 Å². The largest absolute Gasteiger partial charge is 0.496 e. The molecule has 3 N–H and O–H groups in total. The Labute approximate surface area is 190 Å². The second-order valence-electron chi connectivity index (χ2n) is 7.09. The number of oxazole rings is 1. The zero-order chi connectivity index (χ0) is 23.8. The molecule has 1 heterocycles. The Hall–Kier alpha value is -4.40. The van der Waals surface area contributed by atoms with Crippen LogP contribution in [0.25, 0.3) is 11.3 Å². The van der Waals surface area contributed by atoms with E-state index < -0.39 is 11.8 Å². The summed E-state index contributed by atoms with van der Waals surface area (Å²) in [5.74, 6) is -0.911. The molecule has 3 rings (SSSR count). The molecule has 1 aromatic heterocycles. The van der Waals surface area contributed by atoms with Gasteiger partial charge in [-0.15, -0.1) is 0 Å². The molecule has 33 heavy (non-hydrogen) atoms. The molecule has 3 amide bonds. The predicted molar refractivity (Wildman–Crippen MR) is 123 cm³/mol. The van der Waals surface area contributed by atoms with Gasteiger partial charge in [0.1, 0.15) is 5.75 Å². The van der Waals surface area contributed by atoms with Gasteiger partial charge in [-0.1, -0.05) is 18.2 Å². The summed E-state index contributed by atoms with van der Waals surface area (Å²) in [6.07, 6.45) is 4.78. The number of nitrogens with one attached hydrogen (secondary N) is 3. The Kier molecular flexibility index (Phi) is 7.59. The van der Waals surface area contributed by atoms with Gasteiger partial charge in [0.05, 0.1) is 25.3 Å². The lowest BCUT2D eigenvalue weighted by atomic mass is 10.1. The Balaban J connectivity index is 1.63. The number of rotatable bonds is 7. The molecule has 2 aromatic carbocycles. The molecule has 0 saturated carbocycles. The van der Waals surface area contributed by atoms with Crippen LogP contribution < -0.4 is 20.7 Å². The second kappa shape index (κ2) is 10.8. The van der Waals surface area contributed by atoms with Crippen LogP contribution in [-0.4, -0.2) is 29.8 Å². The van der Waals surface area contributed by atoms with Crippen LogP contribution in [0.15, 0.2) is 71.2 Å². The van der Waals surface area contributed by atoms with Gasteiger partial charge in [0.25, 0.3) is 0 Å². The number of anilines is 2. The van der Waals surface area contributed by atoms with Crippen LogP contribution in [-0.2, 0) is 20.8 Å². The van der Waals surface area contributed by atoms with Crippen LogP contribution in [0.5, 0.6) is 5.75 Å². The Morgan fingerprint density at radius 3 is 2.42 bits per heavy atom. The highest BCUT2D eigenvalue weighted by atomic mass is 16.5. The Bertz CT molecular complexity index is 1190. The van der Waals surface area contributed by atoms with Crippen molar-refractivity contribution in [2.45, 2.75) is 20.3 Å². The monoisotopic (exact) mass is 448 g/mol. The van der Waals surface area contributed by atoms with E-state index in [4.69, 9.17) is 9.15 Å². The van der Waals surface area contributed by atoms with Gasteiger partial charge in [0.15, 0.2) is 12.2 Å². The first kappa shape index (κ1) is 23.3. The van der Waals surface area contributed by atoms with Crippen LogP contribution in [0.2, 0.25) is 0 Å². The van der Waals surface area contributed by atoms with Crippen molar-refractivity contribution in [2.24, 2.45) is 0 Å². The number of methoxy groups -OCH3 is 1. The first-order valence-electron chi connectivity index (χ1n) is 10.1. The van der Waals surface area contributed by atoms with Gasteiger partial charge >= 0.3 is 11.8 Å². The van der Waals surface area contributed by atoms with E-state index in [0.29, 0.717) is 34.0 Å². The number of ether oxygens (including phenoxy) is 1. The summed E-state index contributed by atoms with van der Waals surface area (Å²) in [7, 11) is 1.49. The average Bonchev–Trinajstić information content (AvgIpc) is 3.33. The summed E-state index contributed by atoms with van der Waals surface area (Å²) in [5, 5.41) is 7.83. The highest BCUT2D eigenvalue weighted by Gasteiger charge is 2.16. The van der Waals surface area contributed by atoms with Crippen molar-refractivity contribution >= 4 is 29.1 Å². The average molecular weight is 448 g/mol. The van der Waals surface area contributed by atoms with Gasteiger partial charge in [0, 0.05) is 23.1 Å². The molecule has 0 aliphatic heterocycles. The number of benzene rings is 2. The Morgan fingerprint density at radius 2 is 1.79 bits per heavy atom. The zero-order valence-electron chi connectivity index (χ0n) is 18.5. The third-order valence-corrected chi connectivity index (χ3v) is 4.68. The third kappa shape index (κ3) is 6.30. The molecule has 9 nitrogen and oxygen atoms in total. The van der Waals surface area contributed by atoms with E-state index >= 15 is 0 Å². The first-order chi connectivity index (χ1) is 15.9. The molecule has 170 valence electrons. The van der Waals surface area contributed by atoms with Gasteiger partial charge in [0.2, 0.25) is 5.91 Å². The van der Waals surface area contributed by atoms with Crippen LogP contribution in [0.3, 0.4) is 0 Å². The molecular weight excluding hydrogens is 424 g/mol. The summed E-state index contributed by atoms with van der Waals surface area (Å²) >= 11 is 0. The summed E-state index contributed by atoms with van der Waals surface area (Å²) in [5.41, 5.74) is 2.89. The second-order valence-corrected chi connectivity index (χ2v) is 7.09. The lowest BCUT2D eigenvalue weighted by molar-refractivity contribution is -0.133. The van der Waals surface area contributed by atoms with E-state index in [9.17, 15) is 14.4 Å². The summed E-state index contributed by atoms with van der Waals surface area (Å²) in [6, 6.07) is 11.6. The maximum Gasteiger partial charge on any atom is 0.314 e. The van der Waals surface area contributed by atoms with Gasteiger partial charge in [-0.25, -0.2) is 4.98 Å². The number of hydrogen-bond acceptors (Lipinski definition) is 6. The highest BCUT2D eigenvalue weighted by molar-refractivity contribution is 6.43. The molecule has 0 fully saturated rings. The van der Waals surface area contributed by atoms with Crippen LogP contribution in [0.1, 0.15) is 19.4 Å². The van der Waals surface area contributed by atoms with Gasteiger partial charge in [-0.3, -0.25) is 14.4 Å². The quantitative estimate of drug-likeness (QED) is 0.476. The Morgan fingerprint density at radius 1 is 1.06 bits per heavy atom.